The van der Waals surface area contributed by atoms with Crippen LogP contribution < -0.4 is 10.2 Å². The average molecular weight is 1050 g/mol. The summed E-state index contributed by atoms with van der Waals surface area (Å²) in [6, 6.07) is -0.889. The smallest absolute Gasteiger partial charge is 0.306 e. The standard InChI is InChI=1S/C63H117N2O7P/c1-7-10-13-16-19-22-25-26-27-28-29-30-31-32-33-34-35-36-37-38-41-43-46-49-52-55-62(66)64-60(59-71-73(68,69)70-58-57-65(4,5)6)61(54-51-48-45-42-39-23-20-17-14-11-8-2)72-63(67)56-53-50-47-44-40-24-21-18-15-12-9-3/h19,22,26-27,29-30,32-33,51,54,60-61H,7-18,20-21,23-25,28,31,34-50,52-53,55-59H2,1-6H3,(H-,64,66,68,69)/b22-19-,27-26-,30-29-,33-32-,54-51-. The maximum Gasteiger partial charge on any atom is 0.306 e. The highest BCUT2D eigenvalue weighted by Gasteiger charge is 2.27. The number of nitrogens with zero attached hydrogens (tertiary/aromatic N) is 1. The molecule has 0 saturated heterocycles. The highest BCUT2D eigenvalue weighted by Crippen LogP contribution is 2.38. The van der Waals surface area contributed by atoms with Gasteiger partial charge in [-0.2, -0.15) is 0 Å². The highest BCUT2D eigenvalue weighted by molar-refractivity contribution is 7.45. The number of quaternary nitrogens is 1. The van der Waals surface area contributed by atoms with Crippen molar-refractivity contribution in [2.75, 3.05) is 40.9 Å². The third kappa shape index (κ3) is 54.3. The molecule has 0 aliphatic carbocycles. The molecule has 3 atom stereocenters. The number of unbranched alkanes of at least 4 members (excludes halogenated alkanes) is 31. The SMILES string of the molecule is CCCCC/C=C\C/C=C\C/C=C\C/C=C\CCCCCCCCCCCC(=O)NC(COP(=O)([O-])OCC[N+](C)(C)C)C(/C=C\CCCCCCCCCCC)OC(=O)CCCCCCCCCCCCC. The quantitative estimate of drug-likeness (QED) is 0.0212. The lowest BCUT2D eigenvalue weighted by molar-refractivity contribution is -0.870. The van der Waals surface area contributed by atoms with E-state index in [9.17, 15) is 19.0 Å². The maximum absolute atomic E-state index is 13.5. The number of hydrogen-bond acceptors (Lipinski definition) is 7. The molecule has 0 aliphatic rings. The molecule has 0 rings (SSSR count). The number of allylic oxidation sites excluding steroid dienone is 9. The molecule has 0 heterocycles. The molecule has 426 valence electrons. The van der Waals surface area contributed by atoms with Crippen molar-refractivity contribution in [3.05, 3.63) is 60.8 Å². The minimum Gasteiger partial charge on any atom is -0.756 e. The van der Waals surface area contributed by atoms with Crippen molar-refractivity contribution in [1.82, 2.24) is 5.32 Å². The van der Waals surface area contributed by atoms with Gasteiger partial charge in [0, 0.05) is 12.8 Å². The molecular formula is C63H117N2O7P. The molecule has 10 heteroatoms. The summed E-state index contributed by atoms with van der Waals surface area (Å²) in [7, 11) is 1.18. The summed E-state index contributed by atoms with van der Waals surface area (Å²) in [6.07, 6.45) is 66.2. The van der Waals surface area contributed by atoms with Gasteiger partial charge in [0.2, 0.25) is 5.91 Å². The van der Waals surface area contributed by atoms with Gasteiger partial charge in [-0.1, -0.05) is 249 Å². The zero-order valence-corrected chi connectivity index (χ0v) is 49.5. The van der Waals surface area contributed by atoms with Gasteiger partial charge in [0.1, 0.15) is 19.3 Å². The molecule has 0 aromatic carbocycles. The number of esters is 1. The lowest BCUT2D eigenvalue weighted by Crippen LogP contribution is -2.47. The van der Waals surface area contributed by atoms with Gasteiger partial charge in [0.25, 0.3) is 7.82 Å². The number of carbonyl (C=O) groups is 2. The van der Waals surface area contributed by atoms with Crippen molar-refractivity contribution < 1.29 is 37.3 Å². The van der Waals surface area contributed by atoms with E-state index in [4.69, 9.17) is 13.8 Å². The number of phosphoric ester groups is 1. The first kappa shape index (κ1) is 70.7. The molecule has 0 aliphatic heterocycles. The van der Waals surface area contributed by atoms with E-state index in [1.807, 2.05) is 33.3 Å². The Morgan fingerprint density at radius 3 is 1.27 bits per heavy atom. The lowest BCUT2D eigenvalue weighted by atomic mass is 10.0. The van der Waals surface area contributed by atoms with Crippen molar-refractivity contribution in [2.45, 2.75) is 290 Å². The molecule has 0 fully saturated rings. The van der Waals surface area contributed by atoms with E-state index in [1.54, 1.807) is 0 Å². The van der Waals surface area contributed by atoms with Crippen LogP contribution in [0.4, 0.5) is 0 Å². The Hall–Kier alpha value is -2.29. The Balaban J connectivity index is 5.09. The summed E-state index contributed by atoms with van der Waals surface area (Å²) in [5, 5.41) is 3.02. The first-order valence-corrected chi connectivity index (χ1v) is 32.1. The number of phosphoric acid groups is 1. The van der Waals surface area contributed by atoms with E-state index in [-0.39, 0.29) is 31.5 Å². The van der Waals surface area contributed by atoms with Gasteiger partial charge in [-0.25, -0.2) is 0 Å². The Morgan fingerprint density at radius 2 is 0.836 bits per heavy atom. The van der Waals surface area contributed by atoms with Crippen molar-refractivity contribution in [3.8, 4) is 0 Å². The molecule has 0 aromatic heterocycles. The second-order valence-corrected chi connectivity index (χ2v) is 23.3. The lowest BCUT2D eigenvalue weighted by Gasteiger charge is -2.30. The number of nitrogens with one attached hydrogen (secondary N) is 1. The number of carbonyl (C=O) groups excluding carboxylic acids is 2. The first-order chi connectivity index (χ1) is 35.4. The van der Waals surface area contributed by atoms with Gasteiger partial charge in [-0.15, -0.1) is 0 Å². The van der Waals surface area contributed by atoms with Gasteiger partial charge in [0.15, 0.2) is 0 Å². The van der Waals surface area contributed by atoms with Gasteiger partial charge < -0.3 is 28.5 Å². The van der Waals surface area contributed by atoms with Gasteiger partial charge in [-0.05, 0) is 76.7 Å². The minimum atomic E-state index is -4.69. The van der Waals surface area contributed by atoms with Crippen LogP contribution in [0.2, 0.25) is 0 Å². The molecule has 1 amide bonds. The summed E-state index contributed by atoms with van der Waals surface area (Å²) in [4.78, 5) is 39.8. The maximum atomic E-state index is 13.5. The third-order valence-electron chi connectivity index (χ3n) is 13.5. The van der Waals surface area contributed by atoms with Crippen LogP contribution in [0.1, 0.15) is 278 Å². The average Bonchev–Trinajstić information content (AvgIpc) is 3.35. The first-order valence-electron chi connectivity index (χ1n) is 30.6. The second kappa shape index (κ2) is 53.1. The molecule has 0 bridgehead atoms. The molecule has 0 aromatic rings. The van der Waals surface area contributed by atoms with Gasteiger partial charge in [-0.3, -0.25) is 14.2 Å². The highest BCUT2D eigenvalue weighted by atomic mass is 31.2. The van der Waals surface area contributed by atoms with Crippen LogP contribution in [0.3, 0.4) is 0 Å². The van der Waals surface area contributed by atoms with Crippen LogP contribution in [0.15, 0.2) is 60.8 Å². The Kier molecular flexibility index (Phi) is 51.5. The molecule has 0 radical (unpaired) electrons. The number of rotatable bonds is 55. The number of hydrogen-bond donors (Lipinski definition) is 1. The summed E-state index contributed by atoms with van der Waals surface area (Å²) < 4.78 is 30.2. The van der Waals surface area contributed by atoms with E-state index in [2.05, 4.69) is 74.7 Å². The molecule has 1 N–H and O–H groups in total. The van der Waals surface area contributed by atoms with Crippen LogP contribution in [0.5, 0.6) is 0 Å². The predicted molar refractivity (Wildman–Crippen MR) is 312 cm³/mol. The normalized spacial score (nSPS) is 14.1. The van der Waals surface area contributed by atoms with E-state index >= 15 is 0 Å². The topological polar surface area (TPSA) is 114 Å². The zero-order chi connectivity index (χ0) is 53.6. The second-order valence-electron chi connectivity index (χ2n) is 21.9. The Labute approximate surface area is 451 Å². The zero-order valence-electron chi connectivity index (χ0n) is 48.6. The molecule has 9 nitrogen and oxygen atoms in total. The Morgan fingerprint density at radius 1 is 0.479 bits per heavy atom. The molecule has 73 heavy (non-hydrogen) atoms. The largest absolute Gasteiger partial charge is 0.756 e. The van der Waals surface area contributed by atoms with Crippen LogP contribution in [-0.2, 0) is 27.9 Å². The van der Waals surface area contributed by atoms with Crippen LogP contribution in [0.25, 0.3) is 0 Å². The van der Waals surface area contributed by atoms with Crippen molar-refractivity contribution >= 4 is 19.7 Å². The van der Waals surface area contributed by atoms with Crippen molar-refractivity contribution in [2.24, 2.45) is 0 Å². The van der Waals surface area contributed by atoms with E-state index in [0.29, 0.717) is 17.4 Å². The summed E-state index contributed by atoms with van der Waals surface area (Å²) in [5.74, 6) is -0.544. The number of amides is 1. The van der Waals surface area contributed by atoms with Gasteiger partial charge >= 0.3 is 5.97 Å². The predicted octanol–water partition coefficient (Wildman–Crippen LogP) is 18.0. The van der Waals surface area contributed by atoms with Crippen molar-refractivity contribution in [3.63, 3.8) is 0 Å². The van der Waals surface area contributed by atoms with Crippen LogP contribution in [-0.4, -0.2) is 69.4 Å². The number of ether oxygens (including phenoxy) is 1. The fourth-order valence-corrected chi connectivity index (χ4v) is 9.41. The summed E-state index contributed by atoms with van der Waals surface area (Å²) >= 11 is 0. The Bertz CT molecular complexity index is 1440. The summed E-state index contributed by atoms with van der Waals surface area (Å²) in [5.41, 5.74) is 0. The third-order valence-corrected chi connectivity index (χ3v) is 14.4. The monoisotopic (exact) mass is 1040 g/mol. The van der Waals surface area contributed by atoms with E-state index < -0.39 is 20.0 Å². The van der Waals surface area contributed by atoms with E-state index in [0.717, 1.165) is 89.9 Å². The molecule has 3 unspecified atom stereocenters. The van der Waals surface area contributed by atoms with Crippen molar-refractivity contribution in [1.29, 1.82) is 0 Å². The minimum absolute atomic E-state index is 0.0237. The summed E-state index contributed by atoms with van der Waals surface area (Å²) in [6.45, 7) is 6.80. The number of likely N-dealkylation sites (N-methyl/N-ethyl adjacent to an activating group) is 1. The molecule has 0 spiro atoms. The van der Waals surface area contributed by atoms with Crippen LogP contribution in [0, 0.1) is 0 Å². The fraction of sp³-hybridized carbons (Fsp3) is 0.810. The molecular weight excluding hydrogens is 928 g/mol. The molecule has 0 saturated carbocycles. The van der Waals surface area contributed by atoms with Gasteiger partial charge in [0.05, 0.1) is 33.8 Å². The fourth-order valence-electron chi connectivity index (χ4n) is 8.68. The van der Waals surface area contributed by atoms with Crippen LogP contribution >= 0.6 is 7.82 Å². The van der Waals surface area contributed by atoms with E-state index in [1.165, 1.54) is 154 Å².